The fourth-order valence-electron chi connectivity index (χ4n) is 3.00. The molecule has 3 aromatic carbocycles. The van der Waals surface area contributed by atoms with E-state index in [1.165, 1.54) is 12.1 Å². The first-order valence-electron chi connectivity index (χ1n) is 9.82. The van der Waals surface area contributed by atoms with Crippen molar-refractivity contribution in [3.8, 4) is 5.75 Å². The van der Waals surface area contributed by atoms with E-state index < -0.39 is 5.91 Å². The standard InChI is InChI=1S/C24H21Cl3N2O3/c1-14(2)18-5-3-4-6-21(18)28-22(30)13-32-17-9-7-15(8-10-17)24(31)29-23-19(26)11-16(25)12-20(23)27/h3-12,14H,13H2,1-2H3,(H,28,30)(H,29,31). The average molecular weight is 492 g/mol. The summed E-state index contributed by atoms with van der Waals surface area (Å²) in [6, 6.07) is 17.0. The molecule has 3 aromatic rings. The summed E-state index contributed by atoms with van der Waals surface area (Å²) >= 11 is 18.1. The lowest BCUT2D eigenvalue weighted by molar-refractivity contribution is -0.118. The van der Waals surface area contributed by atoms with Crippen LogP contribution in [0.3, 0.4) is 0 Å². The van der Waals surface area contributed by atoms with Gasteiger partial charge in [0.15, 0.2) is 6.61 Å². The molecular weight excluding hydrogens is 471 g/mol. The van der Waals surface area contributed by atoms with Crippen LogP contribution in [0, 0.1) is 0 Å². The summed E-state index contributed by atoms with van der Waals surface area (Å²) in [7, 11) is 0. The summed E-state index contributed by atoms with van der Waals surface area (Å²) in [5.41, 5.74) is 2.47. The minimum absolute atomic E-state index is 0.159. The molecule has 0 saturated heterocycles. The molecule has 0 aromatic heterocycles. The van der Waals surface area contributed by atoms with Crippen LogP contribution < -0.4 is 15.4 Å². The van der Waals surface area contributed by atoms with Crippen LogP contribution in [0.4, 0.5) is 11.4 Å². The third-order valence-electron chi connectivity index (χ3n) is 4.59. The summed E-state index contributed by atoms with van der Waals surface area (Å²) < 4.78 is 5.54. The molecule has 0 saturated carbocycles. The molecule has 0 atom stereocenters. The number of carbonyl (C=O) groups excluding carboxylic acids is 2. The number of halogens is 3. The highest BCUT2D eigenvalue weighted by Crippen LogP contribution is 2.34. The maximum atomic E-state index is 12.5. The number of anilines is 2. The number of rotatable bonds is 7. The highest BCUT2D eigenvalue weighted by atomic mass is 35.5. The molecule has 0 radical (unpaired) electrons. The zero-order chi connectivity index (χ0) is 23.3. The zero-order valence-corrected chi connectivity index (χ0v) is 19.7. The molecule has 2 amide bonds. The van der Waals surface area contributed by atoms with E-state index in [9.17, 15) is 9.59 Å². The van der Waals surface area contributed by atoms with Gasteiger partial charge in [-0.15, -0.1) is 0 Å². The first kappa shape index (κ1) is 23.9. The number of carbonyl (C=O) groups is 2. The van der Waals surface area contributed by atoms with Crippen molar-refractivity contribution in [3.63, 3.8) is 0 Å². The third-order valence-corrected chi connectivity index (χ3v) is 5.40. The minimum Gasteiger partial charge on any atom is -0.484 e. The summed E-state index contributed by atoms with van der Waals surface area (Å²) in [5, 5.41) is 6.38. The Morgan fingerprint density at radius 1 is 0.906 bits per heavy atom. The summed E-state index contributed by atoms with van der Waals surface area (Å²) in [5.74, 6) is 0.0674. The lowest BCUT2D eigenvalue weighted by atomic mass is 10.0. The summed E-state index contributed by atoms with van der Waals surface area (Å²) in [4.78, 5) is 24.8. The van der Waals surface area contributed by atoms with Gasteiger partial charge >= 0.3 is 0 Å². The van der Waals surface area contributed by atoms with Crippen LogP contribution in [0.5, 0.6) is 5.75 Å². The Labute approximate surface area is 201 Å². The molecule has 3 rings (SSSR count). The predicted molar refractivity (Wildman–Crippen MR) is 131 cm³/mol. The predicted octanol–water partition coefficient (Wildman–Crippen LogP) is 7.04. The van der Waals surface area contributed by atoms with Crippen molar-refractivity contribution < 1.29 is 14.3 Å². The SMILES string of the molecule is CC(C)c1ccccc1NC(=O)COc1ccc(C(=O)Nc2c(Cl)cc(Cl)cc2Cl)cc1. The van der Waals surface area contributed by atoms with Crippen molar-refractivity contribution in [3.05, 3.63) is 86.9 Å². The van der Waals surface area contributed by atoms with Gasteiger partial charge in [0.25, 0.3) is 11.8 Å². The fraction of sp³-hybridized carbons (Fsp3) is 0.167. The van der Waals surface area contributed by atoms with Gasteiger partial charge in [0, 0.05) is 16.3 Å². The van der Waals surface area contributed by atoms with Gasteiger partial charge in [0.1, 0.15) is 5.75 Å². The van der Waals surface area contributed by atoms with Crippen LogP contribution in [0.15, 0.2) is 60.7 Å². The van der Waals surface area contributed by atoms with Crippen molar-refractivity contribution in [2.75, 3.05) is 17.2 Å². The first-order chi connectivity index (χ1) is 15.2. The van der Waals surface area contributed by atoms with E-state index in [-0.39, 0.29) is 34.2 Å². The van der Waals surface area contributed by atoms with Crippen molar-refractivity contribution >= 4 is 58.0 Å². The van der Waals surface area contributed by atoms with Gasteiger partial charge in [0.2, 0.25) is 0 Å². The minimum atomic E-state index is -0.397. The zero-order valence-electron chi connectivity index (χ0n) is 17.4. The van der Waals surface area contributed by atoms with Gasteiger partial charge in [0.05, 0.1) is 15.7 Å². The Balaban J connectivity index is 1.58. The molecular formula is C24H21Cl3N2O3. The number of ether oxygens (including phenoxy) is 1. The van der Waals surface area contributed by atoms with Crippen molar-refractivity contribution in [1.29, 1.82) is 0 Å². The Bertz CT molecular complexity index is 1110. The molecule has 0 heterocycles. The Morgan fingerprint density at radius 2 is 1.53 bits per heavy atom. The molecule has 0 fully saturated rings. The van der Waals surface area contributed by atoms with Crippen molar-refractivity contribution in [1.82, 2.24) is 0 Å². The maximum Gasteiger partial charge on any atom is 0.262 e. The van der Waals surface area contributed by atoms with Crippen LogP contribution in [0.1, 0.15) is 35.7 Å². The lowest BCUT2D eigenvalue weighted by Crippen LogP contribution is -2.21. The monoisotopic (exact) mass is 490 g/mol. The van der Waals surface area contributed by atoms with Gasteiger partial charge in [-0.1, -0.05) is 66.8 Å². The first-order valence-corrected chi connectivity index (χ1v) is 11.0. The lowest BCUT2D eigenvalue weighted by Gasteiger charge is -2.14. The van der Waals surface area contributed by atoms with E-state index >= 15 is 0 Å². The molecule has 0 bridgehead atoms. The Morgan fingerprint density at radius 3 is 2.16 bits per heavy atom. The van der Waals surface area contributed by atoms with Gasteiger partial charge in [-0.3, -0.25) is 9.59 Å². The average Bonchev–Trinajstić information content (AvgIpc) is 2.75. The molecule has 32 heavy (non-hydrogen) atoms. The molecule has 5 nitrogen and oxygen atoms in total. The molecule has 166 valence electrons. The number of hydrogen-bond donors (Lipinski definition) is 2. The van der Waals surface area contributed by atoms with Gasteiger partial charge < -0.3 is 15.4 Å². The smallest absolute Gasteiger partial charge is 0.262 e. The third kappa shape index (κ3) is 6.16. The maximum absolute atomic E-state index is 12.5. The molecule has 0 unspecified atom stereocenters. The van der Waals surface area contributed by atoms with Gasteiger partial charge in [-0.25, -0.2) is 0 Å². The Hall–Kier alpha value is -2.73. The topological polar surface area (TPSA) is 67.4 Å². The highest BCUT2D eigenvalue weighted by Gasteiger charge is 2.14. The largest absolute Gasteiger partial charge is 0.484 e. The highest BCUT2D eigenvalue weighted by molar-refractivity contribution is 6.42. The van der Waals surface area contributed by atoms with Crippen LogP contribution in [-0.2, 0) is 4.79 Å². The van der Waals surface area contributed by atoms with Crippen LogP contribution in [0.25, 0.3) is 0 Å². The van der Waals surface area contributed by atoms with Crippen molar-refractivity contribution in [2.45, 2.75) is 19.8 Å². The number of benzene rings is 3. The molecule has 0 aliphatic heterocycles. The summed E-state index contributed by atoms with van der Waals surface area (Å²) in [6.07, 6.45) is 0. The van der Waals surface area contributed by atoms with E-state index in [0.29, 0.717) is 16.3 Å². The normalized spacial score (nSPS) is 10.7. The second kappa shape index (κ2) is 10.7. The van der Waals surface area contributed by atoms with E-state index in [4.69, 9.17) is 39.5 Å². The molecule has 8 heteroatoms. The quantitative estimate of drug-likeness (QED) is 0.372. The molecule has 0 aliphatic rings. The fourth-order valence-corrected chi connectivity index (χ4v) is 3.91. The number of amides is 2. The van der Waals surface area contributed by atoms with E-state index in [1.54, 1.807) is 24.3 Å². The second-order valence-corrected chi connectivity index (χ2v) is 8.55. The van der Waals surface area contributed by atoms with Crippen LogP contribution >= 0.6 is 34.8 Å². The molecule has 0 spiro atoms. The van der Waals surface area contributed by atoms with E-state index in [0.717, 1.165) is 11.3 Å². The van der Waals surface area contributed by atoms with Crippen molar-refractivity contribution in [2.24, 2.45) is 0 Å². The number of para-hydroxylation sites is 1. The number of hydrogen-bond acceptors (Lipinski definition) is 3. The summed E-state index contributed by atoms with van der Waals surface area (Å²) in [6.45, 7) is 3.97. The Kier molecular flexibility index (Phi) is 8.02. The van der Waals surface area contributed by atoms with Crippen LogP contribution in [0.2, 0.25) is 15.1 Å². The molecule has 2 N–H and O–H groups in total. The van der Waals surface area contributed by atoms with Gasteiger partial charge in [-0.05, 0) is 53.9 Å². The van der Waals surface area contributed by atoms with E-state index in [2.05, 4.69) is 24.5 Å². The molecule has 0 aliphatic carbocycles. The number of nitrogens with one attached hydrogen (secondary N) is 2. The van der Waals surface area contributed by atoms with E-state index in [1.807, 2.05) is 24.3 Å². The second-order valence-electron chi connectivity index (χ2n) is 7.30. The van der Waals surface area contributed by atoms with Gasteiger partial charge in [-0.2, -0.15) is 0 Å². The van der Waals surface area contributed by atoms with Crippen LogP contribution in [-0.4, -0.2) is 18.4 Å².